The Hall–Kier alpha value is -3.45. The molecule has 13 heteroatoms. The smallest absolute Gasteiger partial charge is 0.294 e. The number of piperazine rings is 1. The Labute approximate surface area is 227 Å². The minimum absolute atomic E-state index is 0.0632. The Balaban J connectivity index is 1.51. The topological polar surface area (TPSA) is 133 Å². The maximum atomic E-state index is 13.4. The second kappa shape index (κ2) is 11.5. The van der Waals surface area contributed by atoms with Crippen LogP contribution in [-0.2, 0) is 17.7 Å². The fraction of sp³-hybridized carbons (Fsp3) is 0.320. The van der Waals surface area contributed by atoms with E-state index in [-0.39, 0.29) is 17.9 Å². The number of rotatable bonds is 8. The molecule has 1 fully saturated rings. The molecule has 0 amide bonds. The second-order valence-electron chi connectivity index (χ2n) is 8.64. The predicted octanol–water partition coefficient (Wildman–Crippen LogP) is 2.57. The molecule has 1 atom stereocenters. The lowest BCUT2D eigenvalue weighted by molar-refractivity contribution is 0.333. The second-order valence-corrected chi connectivity index (χ2v) is 10.3. The van der Waals surface area contributed by atoms with Crippen molar-refractivity contribution in [3.63, 3.8) is 0 Å². The summed E-state index contributed by atoms with van der Waals surface area (Å²) < 4.78 is 19.3. The number of ether oxygens (including phenoxy) is 1. The summed E-state index contributed by atoms with van der Waals surface area (Å²) in [7, 11) is 0. The Morgan fingerprint density at radius 2 is 2.03 bits per heavy atom. The van der Waals surface area contributed by atoms with Crippen LogP contribution in [0.3, 0.4) is 0 Å². The normalized spacial score (nSPS) is 14.5. The van der Waals surface area contributed by atoms with Crippen LogP contribution in [0.25, 0.3) is 11.0 Å². The van der Waals surface area contributed by atoms with E-state index >= 15 is 0 Å². The van der Waals surface area contributed by atoms with Gasteiger partial charge in [-0.15, -0.1) is 0 Å². The summed E-state index contributed by atoms with van der Waals surface area (Å²) >= 11 is 5.25. The molecule has 198 valence electrons. The molecule has 4 heterocycles. The van der Waals surface area contributed by atoms with Crippen LogP contribution in [0.15, 0.2) is 52.8 Å². The van der Waals surface area contributed by atoms with Crippen molar-refractivity contribution in [1.82, 2.24) is 29.8 Å². The molecule has 3 aromatic heterocycles. The average Bonchev–Trinajstić information content (AvgIpc) is 2.92. The van der Waals surface area contributed by atoms with E-state index in [4.69, 9.17) is 16.3 Å². The van der Waals surface area contributed by atoms with Crippen LogP contribution < -0.4 is 25.8 Å². The quantitative estimate of drug-likeness (QED) is 0.247. The summed E-state index contributed by atoms with van der Waals surface area (Å²) in [5.74, 6) is 0.472. The molecular formula is C25H27ClN8O3S. The largest absolute Gasteiger partial charge is 0.610 e. The number of benzene rings is 1. The highest BCUT2D eigenvalue weighted by atomic mass is 35.5. The van der Waals surface area contributed by atoms with E-state index in [0.717, 1.165) is 31.9 Å². The lowest BCUT2D eigenvalue weighted by Gasteiger charge is -2.30. The van der Waals surface area contributed by atoms with E-state index in [2.05, 4.69) is 35.5 Å². The van der Waals surface area contributed by atoms with Crippen molar-refractivity contribution < 1.29 is 9.29 Å². The first-order valence-electron chi connectivity index (χ1n) is 12.1. The van der Waals surface area contributed by atoms with E-state index in [1.807, 2.05) is 18.2 Å². The van der Waals surface area contributed by atoms with Crippen LogP contribution in [0, 0.1) is 0 Å². The Bertz CT molecular complexity index is 1510. The highest BCUT2D eigenvalue weighted by Gasteiger charge is 2.19. The van der Waals surface area contributed by atoms with Crippen LogP contribution in [0.5, 0.6) is 5.75 Å². The van der Waals surface area contributed by atoms with Gasteiger partial charge in [0.25, 0.3) is 10.6 Å². The molecule has 0 radical (unpaired) electrons. The molecule has 1 aliphatic rings. The molecule has 1 unspecified atom stereocenters. The van der Waals surface area contributed by atoms with Gasteiger partial charge in [0.2, 0.25) is 5.95 Å². The first-order valence-corrected chi connectivity index (χ1v) is 14.1. The lowest BCUT2D eigenvalue weighted by Crippen LogP contribution is -2.43. The van der Waals surface area contributed by atoms with Crippen molar-refractivity contribution in [3.05, 3.63) is 63.9 Å². The summed E-state index contributed by atoms with van der Waals surface area (Å²) in [4.78, 5) is 32.9. The summed E-state index contributed by atoms with van der Waals surface area (Å²) in [6, 6.07) is 7.36. The van der Waals surface area contributed by atoms with E-state index < -0.39 is 11.2 Å². The zero-order valence-corrected chi connectivity index (χ0v) is 22.6. The molecular weight excluding hydrogens is 528 g/mol. The summed E-state index contributed by atoms with van der Waals surface area (Å²) in [6.45, 7) is 5.80. The maximum Gasteiger partial charge on any atom is 0.294 e. The molecule has 2 N–H and O–H groups in total. The van der Waals surface area contributed by atoms with Crippen LogP contribution in [0.4, 0.5) is 17.3 Å². The first kappa shape index (κ1) is 26.2. The molecule has 1 aromatic carbocycles. The maximum absolute atomic E-state index is 13.4. The summed E-state index contributed by atoms with van der Waals surface area (Å²) in [6.07, 6.45) is 6.05. The van der Waals surface area contributed by atoms with Crippen LogP contribution in [-0.4, -0.2) is 68.1 Å². The van der Waals surface area contributed by atoms with Crippen molar-refractivity contribution in [2.24, 2.45) is 0 Å². The van der Waals surface area contributed by atoms with Crippen molar-refractivity contribution in [3.8, 4) is 5.75 Å². The Kier molecular flexibility index (Phi) is 7.93. The third kappa shape index (κ3) is 5.53. The minimum Gasteiger partial charge on any atom is -0.610 e. The van der Waals surface area contributed by atoms with Gasteiger partial charge in [-0.3, -0.25) is 9.36 Å². The van der Waals surface area contributed by atoms with Gasteiger partial charge in [0.05, 0.1) is 29.4 Å². The SMILES string of the molecule is CCOc1cc2cnc(Nc3ccc(N4CCNCC4)c(Cl)c3)nc2n(Cc2cncnc2[S+](C)[O-])c1=O. The van der Waals surface area contributed by atoms with Gasteiger partial charge in [-0.2, -0.15) is 9.97 Å². The number of hydrogen-bond acceptors (Lipinski definition) is 10. The van der Waals surface area contributed by atoms with Gasteiger partial charge in [-0.1, -0.05) is 11.6 Å². The molecule has 4 aromatic rings. The summed E-state index contributed by atoms with van der Waals surface area (Å²) in [5.41, 5.74) is 2.26. The molecule has 0 aliphatic carbocycles. The third-order valence-electron chi connectivity index (χ3n) is 6.10. The van der Waals surface area contributed by atoms with Gasteiger partial charge < -0.3 is 24.8 Å². The number of pyridine rings is 1. The van der Waals surface area contributed by atoms with E-state index in [1.165, 1.54) is 17.2 Å². The van der Waals surface area contributed by atoms with Gasteiger partial charge in [-0.25, -0.2) is 9.97 Å². The monoisotopic (exact) mass is 554 g/mol. The van der Waals surface area contributed by atoms with Crippen molar-refractivity contribution in [2.75, 3.05) is 49.3 Å². The van der Waals surface area contributed by atoms with Crippen molar-refractivity contribution in [2.45, 2.75) is 18.5 Å². The van der Waals surface area contributed by atoms with Crippen molar-refractivity contribution >= 4 is 51.1 Å². The van der Waals surface area contributed by atoms with Gasteiger partial charge in [0.15, 0.2) is 5.75 Å². The Morgan fingerprint density at radius 1 is 1.21 bits per heavy atom. The fourth-order valence-corrected chi connectivity index (χ4v) is 5.34. The lowest BCUT2D eigenvalue weighted by atomic mass is 10.2. The number of nitrogens with one attached hydrogen (secondary N) is 2. The average molecular weight is 555 g/mol. The molecule has 1 aliphatic heterocycles. The summed E-state index contributed by atoms with van der Waals surface area (Å²) in [5, 5.41) is 8.12. The molecule has 0 saturated carbocycles. The van der Waals surface area contributed by atoms with Gasteiger partial charge in [0.1, 0.15) is 18.2 Å². The minimum atomic E-state index is -1.36. The highest BCUT2D eigenvalue weighted by molar-refractivity contribution is 7.90. The van der Waals surface area contributed by atoms with Crippen LogP contribution in [0.2, 0.25) is 5.02 Å². The zero-order valence-electron chi connectivity index (χ0n) is 21.0. The number of aromatic nitrogens is 5. The molecule has 0 spiro atoms. The van der Waals surface area contributed by atoms with Gasteiger partial charge >= 0.3 is 0 Å². The number of nitrogens with zero attached hydrogens (tertiary/aromatic N) is 6. The number of anilines is 3. The van der Waals surface area contributed by atoms with Crippen molar-refractivity contribution in [1.29, 1.82) is 0 Å². The molecule has 38 heavy (non-hydrogen) atoms. The molecule has 5 rings (SSSR count). The number of halogens is 1. The van der Waals surface area contributed by atoms with Crippen LogP contribution >= 0.6 is 11.6 Å². The predicted molar refractivity (Wildman–Crippen MR) is 148 cm³/mol. The number of hydrogen-bond donors (Lipinski definition) is 2. The number of fused-ring (bicyclic) bond motifs is 1. The zero-order chi connectivity index (χ0) is 26.6. The molecule has 11 nitrogen and oxygen atoms in total. The fourth-order valence-electron chi connectivity index (χ4n) is 4.36. The first-order chi connectivity index (χ1) is 18.4. The standard InChI is InChI=1S/C25H27ClN8O3S/c1-3-37-21-10-16-13-29-25(31-18-4-5-20(19(26)11-18)33-8-6-27-7-9-33)32-22(16)34(24(21)35)14-17-12-28-15-30-23(17)38(2)36/h4-5,10-13,15,27H,3,6-9,14H2,1-2H3,(H,29,31,32). The van der Waals surface area contributed by atoms with E-state index in [0.29, 0.717) is 44.9 Å². The van der Waals surface area contributed by atoms with E-state index in [9.17, 15) is 9.35 Å². The third-order valence-corrected chi connectivity index (χ3v) is 7.32. The van der Waals surface area contributed by atoms with Crippen LogP contribution in [0.1, 0.15) is 12.5 Å². The van der Waals surface area contributed by atoms with Gasteiger partial charge in [0, 0.05) is 60.8 Å². The van der Waals surface area contributed by atoms with E-state index in [1.54, 1.807) is 25.4 Å². The Morgan fingerprint density at radius 3 is 2.76 bits per heavy atom. The molecule has 0 bridgehead atoms. The highest BCUT2D eigenvalue weighted by Crippen LogP contribution is 2.30. The molecule has 1 saturated heterocycles. The van der Waals surface area contributed by atoms with Gasteiger partial charge in [-0.05, 0) is 31.2 Å².